The van der Waals surface area contributed by atoms with Crippen LogP contribution in [-0.2, 0) is 4.79 Å². The zero-order valence-electron chi connectivity index (χ0n) is 10.4. The van der Waals surface area contributed by atoms with Crippen molar-refractivity contribution < 1.29 is 4.79 Å². The fraction of sp³-hybridized carbons (Fsp3) is 0.0714. The molecular weight excluding hydrogens is 375 g/mol. The summed E-state index contributed by atoms with van der Waals surface area (Å²) in [4.78, 5) is 13.7. The Morgan fingerprint density at radius 1 is 0.857 bits per heavy atom. The number of hydrogen-bond donors (Lipinski definition) is 0. The second-order valence-corrected chi connectivity index (χ2v) is 7.14. The average Bonchev–Trinajstić information content (AvgIpc) is 2.42. The standard InChI is InChI=1S/C14H8Cl5NO/c15-10-7-4-8-11(16)12(10)20(13(21)14(17,18)19)9-5-2-1-3-6-9/h1-8H. The van der Waals surface area contributed by atoms with Crippen LogP contribution in [0.25, 0.3) is 0 Å². The molecule has 110 valence electrons. The van der Waals surface area contributed by atoms with Crippen LogP contribution in [0.4, 0.5) is 11.4 Å². The topological polar surface area (TPSA) is 20.3 Å². The second-order valence-electron chi connectivity index (χ2n) is 4.04. The molecule has 0 spiro atoms. The predicted molar refractivity (Wildman–Crippen MR) is 90.3 cm³/mol. The largest absolute Gasteiger partial charge is 0.283 e. The normalized spacial score (nSPS) is 11.3. The van der Waals surface area contributed by atoms with Crippen molar-refractivity contribution in [3.63, 3.8) is 0 Å². The lowest BCUT2D eigenvalue weighted by atomic mass is 10.2. The smallest absolute Gasteiger partial charge is 0.274 e. The quantitative estimate of drug-likeness (QED) is 0.580. The fourth-order valence-corrected chi connectivity index (χ4v) is 2.57. The molecule has 0 aromatic heterocycles. The molecule has 21 heavy (non-hydrogen) atoms. The third-order valence-corrected chi connectivity index (χ3v) is 3.72. The Hall–Kier alpha value is -0.640. The van der Waals surface area contributed by atoms with E-state index in [1.165, 1.54) is 4.90 Å². The van der Waals surface area contributed by atoms with E-state index in [0.717, 1.165) is 0 Å². The predicted octanol–water partition coefficient (Wildman–Crippen LogP) is 6.03. The highest BCUT2D eigenvalue weighted by Gasteiger charge is 2.38. The molecule has 0 N–H and O–H groups in total. The summed E-state index contributed by atoms with van der Waals surface area (Å²) in [7, 11) is 0. The first kappa shape index (κ1) is 16.7. The molecule has 0 aliphatic carbocycles. The molecule has 0 atom stereocenters. The average molecular weight is 383 g/mol. The minimum absolute atomic E-state index is 0.267. The van der Waals surface area contributed by atoms with Gasteiger partial charge in [0.25, 0.3) is 9.70 Å². The van der Waals surface area contributed by atoms with Gasteiger partial charge >= 0.3 is 0 Å². The molecule has 0 saturated heterocycles. The van der Waals surface area contributed by atoms with Gasteiger partial charge in [0.15, 0.2) is 0 Å². The minimum Gasteiger partial charge on any atom is -0.274 e. The number of nitrogens with zero attached hydrogens (tertiary/aromatic N) is 1. The Bertz CT molecular complexity index is 634. The van der Waals surface area contributed by atoms with Gasteiger partial charge in [0.2, 0.25) is 0 Å². The summed E-state index contributed by atoms with van der Waals surface area (Å²) in [5.74, 6) is -0.770. The van der Waals surface area contributed by atoms with Gasteiger partial charge in [-0.2, -0.15) is 0 Å². The third kappa shape index (κ3) is 3.77. The Balaban J connectivity index is 2.65. The van der Waals surface area contributed by atoms with E-state index in [4.69, 9.17) is 58.0 Å². The molecule has 2 aromatic carbocycles. The van der Waals surface area contributed by atoms with E-state index in [2.05, 4.69) is 0 Å². The minimum atomic E-state index is -2.14. The van der Waals surface area contributed by atoms with Crippen LogP contribution in [0.15, 0.2) is 48.5 Å². The third-order valence-electron chi connectivity index (χ3n) is 2.62. The van der Waals surface area contributed by atoms with Gasteiger partial charge in [0, 0.05) is 5.69 Å². The van der Waals surface area contributed by atoms with E-state index in [0.29, 0.717) is 5.69 Å². The van der Waals surface area contributed by atoms with Gasteiger partial charge < -0.3 is 0 Å². The fourth-order valence-electron chi connectivity index (χ4n) is 1.75. The van der Waals surface area contributed by atoms with Gasteiger partial charge in [0.05, 0.1) is 15.7 Å². The molecule has 0 aliphatic heterocycles. The number of anilines is 2. The maximum Gasteiger partial charge on any atom is 0.283 e. The lowest BCUT2D eigenvalue weighted by Crippen LogP contribution is -2.36. The maximum absolute atomic E-state index is 12.5. The van der Waals surface area contributed by atoms with Crippen molar-refractivity contribution in [3.8, 4) is 0 Å². The summed E-state index contributed by atoms with van der Waals surface area (Å²) in [6.45, 7) is 0. The molecule has 2 aromatic rings. The second kappa shape index (κ2) is 6.64. The number of carbonyl (C=O) groups excluding carboxylic acids is 1. The van der Waals surface area contributed by atoms with Crippen molar-refractivity contribution in [2.45, 2.75) is 3.79 Å². The molecule has 1 amide bonds. The van der Waals surface area contributed by atoms with E-state index in [-0.39, 0.29) is 15.7 Å². The number of benzene rings is 2. The van der Waals surface area contributed by atoms with E-state index < -0.39 is 9.70 Å². The van der Waals surface area contributed by atoms with Crippen LogP contribution in [0.3, 0.4) is 0 Å². The summed E-state index contributed by atoms with van der Waals surface area (Å²) in [5, 5.41) is 0.544. The van der Waals surface area contributed by atoms with Crippen molar-refractivity contribution in [2.75, 3.05) is 4.90 Å². The highest BCUT2D eigenvalue weighted by atomic mass is 35.6. The van der Waals surface area contributed by atoms with Crippen LogP contribution in [0.5, 0.6) is 0 Å². The SMILES string of the molecule is O=C(N(c1ccccc1)c1c(Cl)cccc1Cl)C(Cl)(Cl)Cl. The summed E-state index contributed by atoms with van der Waals surface area (Å²) in [6, 6.07) is 13.5. The van der Waals surface area contributed by atoms with E-state index in [1.807, 2.05) is 0 Å². The molecule has 0 radical (unpaired) electrons. The molecule has 0 unspecified atom stereocenters. The lowest BCUT2D eigenvalue weighted by molar-refractivity contribution is -0.117. The Labute approximate surface area is 147 Å². The van der Waals surface area contributed by atoms with Crippen molar-refractivity contribution in [3.05, 3.63) is 58.6 Å². The van der Waals surface area contributed by atoms with E-state index in [1.54, 1.807) is 48.5 Å². The lowest BCUT2D eigenvalue weighted by Gasteiger charge is -2.27. The Kier molecular flexibility index (Phi) is 5.29. The maximum atomic E-state index is 12.5. The zero-order chi connectivity index (χ0) is 15.6. The molecule has 2 nitrogen and oxygen atoms in total. The summed E-state index contributed by atoms with van der Waals surface area (Å²) < 4.78 is -2.14. The van der Waals surface area contributed by atoms with Crippen LogP contribution >= 0.6 is 58.0 Å². The number of alkyl halides is 3. The molecule has 7 heteroatoms. The zero-order valence-corrected chi connectivity index (χ0v) is 14.1. The van der Waals surface area contributed by atoms with Crippen LogP contribution in [0.2, 0.25) is 10.0 Å². The molecular formula is C14H8Cl5NO. The van der Waals surface area contributed by atoms with Gasteiger partial charge in [-0.3, -0.25) is 9.69 Å². The van der Waals surface area contributed by atoms with E-state index in [9.17, 15) is 4.79 Å². The monoisotopic (exact) mass is 381 g/mol. The highest BCUT2D eigenvalue weighted by molar-refractivity contribution is 6.77. The van der Waals surface area contributed by atoms with Gasteiger partial charge in [0.1, 0.15) is 0 Å². The summed E-state index contributed by atoms with van der Waals surface area (Å²) in [6.07, 6.45) is 0. The number of amides is 1. The molecule has 2 rings (SSSR count). The highest BCUT2D eigenvalue weighted by Crippen LogP contribution is 2.41. The van der Waals surface area contributed by atoms with Crippen LogP contribution in [-0.4, -0.2) is 9.70 Å². The molecule has 0 aliphatic rings. The number of hydrogen-bond acceptors (Lipinski definition) is 1. The van der Waals surface area contributed by atoms with Gasteiger partial charge in [-0.05, 0) is 24.3 Å². The van der Waals surface area contributed by atoms with Crippen molar-refractivity contribution >= 4 is 75.3 Å². The van der Waals surface area contributed by atoms with Crippen molar-refractivity contribution in [1.29, 1.82) is 0 Å². The van der Waals surface area contributed by atoms with Crippen molar-refractivity contribution in [2.24, 2.45) is 0 Å². The molecule has 0 saturated carbocycles. The summed E-state index contributed by atoms with van der Waals surface area (Å²) >= 11 is 29.5. The number of para-hydroxylation sites is 2. The Morgan fingerprint density at radius 3 is 1.86 bits per heavy atom. The molecule has 0 bridgehead atoms. The Morgan fingerprint density at radius 2 is 1.38 bits per heavy atom. The van der Waals surface area contributed by atoms with E-state index >= 15 is 0 Å². The van der Waals surface area contributed by atoms with Gasteiger partial charge in [-0.25, -0.2) is 0 Å². The van der Waals surface area contributed by atoms with Crippen LogP contribution in [0, 0.1) is 0 Å². The van der Waals surface area contributed by atoms with Gasteiger partial charge in [-0.1, -0.05) is 82.3 Å². The van der Waals surface area contributed by atoms with Gasteiger partial charge in [-0.15, -0.1) is 0 Å². The first-order valence-corrected chi connectivity index (χ1v) is 7.61. The van der Waals surface area contributed by atoms with Crippen LogP contribution < -0.4 is 4.90 Å². The first-order valence-electron chi connectivity index (χ1n) is 5.72. The number of halogens is 5. The number of rotatable bonds is 2. The summed E-state index contributed by atoms with van der Waals surface area (Å²) in [5.41, 5.74) is 0.757. The van der Waals surface area contributed by atoms with Crippen molar-refractivity contribution in [1.82, 2.24) is 0 Å². The first-order chi connectivity index (χ1) is 9.82. The van der Waals surface area contributed by atoms with Crippen LogP contribution in [0.1, 0.15) is 0 Å². The molecule has 0 fully saturated rings. The molecule has 0 heterocycles. The number of carbonyl (C=O) groups is 1.